The number of pyridine rings is 1. The zero-order valence-electron chi connectivity index (χ0n) is 8.36. The van der Waals surface area contributed by atoms with E-state index in [9.17, 15) is 4.79 Å². The molecule has 14 heavy (non-hydrogen) atoms. The van der Waals surface area contributed by atoms with Crippen LogP contribution in [0.15, 0.2) is 23.1 Å². The Balaban J connectivity index is 2.12. The fraction of sp³-hybridized carbons (Fsp3) is 0.500. The smallest absolute Gasteiger partial charge is 0.249 e. The molecule has 1 aliphatic heterocycles. The molecule has 0 bridgehead atoms. The lowest BCUT2D eigenvalue weighted by Crippen LogP contribution is -2.44. The Morgan fingerprint density at radius 1 is 1.29 bits per heavy atom. The van der Waals surface area contributed by atoms with Gasteiger partial charge in [-0.3, -0.25) is 4.79 Å². The van der Waals surface area contributed by atoms with E-state index in [1.54, 1.807) is 12.3 Å². The number of hydrogen-bond acceptors (Lipinski definition) is 3. The average Bonchev–Trinajstić information content (AvgIpc) is 2.19. The van der Waals surface area contributed by atoms with Gasteiger partial charge in [-0.2, -0.15) is 0 Å². The average molecular weight is 193 g/mol. The lowest BCUT2D eigenvalue weighted by Gasteiger charge is -2.33. The maximum atomic E-state index is 11.1. The Bertz CT molecular complexity index is 352. The minimum atomic E-state index is -0.0265. The molecule has 0 aliphatic carbocycles. The molecule has 1 aliphatic rings. The van der Waals surface area contributed by atoms with Crippen LogP contribution in [0.4, 0.5) is 5.69 Å². The van der Waals surface area contributed by atoms with Crippen molar-refractivity contribution in [2.24, 2.45) is 0 Å². The van der Waals surface area contributed by atoms with Crippen molar-refractivity contribution in [3.05, 3.63) is 28.7 Å². The maximum Gasteiger partial charge on any atom is 0.249 e. The molecule has 0 radical (unpaired) electrons. The van der Waals surface area contributed by atoms with Crippen LogP contribution in [-0.2, 0) is 0 Å². The zero-order valence-corrected chi connectivity index (χ0v) is 8.36. The van der Waals surface area contributed by atoms with Gasteiger partial charge in [0.1, 0.15) is 0 Å². The van der Waals surface area contributed by atoms with E-state index >= 15 is 0 Å². The minimum absolute atomic E-state index is 0.0265. The van der Waals surface area contributed by atoms with Gasteiger partial charge in [0.25, 0.3) is 0 Å². The molecule has 1 N–H and O–H groups in total. The molecule has 1 saturated heterocycles. The second-order valence-electron chi connectivity index (χ2n) is 3.70. The molecule has 2 rings (SSSR count). The quantitative estimate of drug-likeness (QED) is 0.689. The van der Waals surface area contributed by atoms with E-state index in [1.807, 2.05) is 6.07 Å². The summed E-state index contributed by atoms with van der Waals surface area (Å²) in [5.74, 6) is 0. The predicted molar refractivity (Wildman–Crippen MR) is 56.8 cm³/mol. The SMILES string of the molecule is CN1CCN(c2cc[nH]c(=O)c2)CC1. The van der Waals surface area contributed by atoms with E-state index in [2.05, 4.69) is 21.8 Å². The summed E-state index contributed by atoms with van der Waals surface area (Å²) < 4.78 is 0. The molecule has 0 aromatic carbocycles. The van der Waals surface area contributed by atoms with Crippen LogP contribution in [0, 0.1) is 0 Å². The van der Waals surface area contributed by atoms with Crippen LogP contribution in [0.25, 0.3) is 0 Å². The molecule has 0 saturated carbocycles. The molecule has 0 atom stereocenters. The van der Waals surface area contributed by atoms with Crippen LogP contribution in [0.1, 0.15) is 0 Å². The van der Waals surface area contributed by atoms with Gasteiger partial charge in [-0.25, -0.2) is 0 Å². The molecule has 1 fully saturated rings. The van der Waals surface area contributed by atoms with Crippen molar-refractivity contribution >= 4 is 5.69 Å². The van der Waals surface area contributed by atoms with Gasteiger partial charge < -0.3 is 14.8 Å². The summed E-state index contributed by atoms with van der Waals surface area (Å²) in [5.41, 5.74) is 1.00. The highest BCUT2D eigenvalue weighted by molar-refractivity contribution is 5.44. The van der Waals surface area contributed by atoms with Gasteiger partial charge in [0, 0.05) is 44.1 Å². The Morgan fingerprint density at radius 2 is 2.00 bits per heavy atom. The number of aromatic amines is 1. The van der Waals surface area contributed by atoms with E-state index in [1.165, 1.54) is 0 Å². The van der Waals surface area contributed by atoms with E-state index < -0.39 is 0 Å². The van der Waals surface area contributed by atoms with Crippen molar-refractivity contribution in [2.45, 2.75) is 0 Å². The molecule has 4 nitrogen and oxygen atoms in total. The van der Waals surface area contributed by atoms with Gasteiger partial charge in [-0.15, -0.1) is 0 Å². The fourth-order valence-electron chi connectivity index (χ4n) is 1.69. The zero-order chi connectivity index (χ0) is 9.97. The molecule has 4 heteroatoms. The summed E-state index contributed by atoms with van der Waals surface area (Å²) in [5, 5.41) is 0. The molecule has 1 aromatic heterocycles. The number of H-pyrrole nitrogens is 1. The minimum Gasteiger partial charge on any atom is -0.369 e. The highest BCUT2D eigenvalue weighted by Crippen LogP contribution is 2.12. The Kier molecular flexibility index (Phi) is 2.54. The third-order valence-electron chi connectivity index (χ3n) is 2.63. The molecule has 2 heterocycles. The van der Waals surface area contributed by atoms with Crippen LogP contribution in [-0.4, -0.2) is 43.1 Å². The van der Waals surface area contributed by atoms with E-state index in [-0.39, 0.29) is 5.56 Å². The first kappa shape index (κ1) is 9.27. The van der Waals surface area contributed by atoms with Crippen LogP contribution < -0.4 is 10.5 Å². The first-order chi connectivity index (χ1) is 6.75. The lowest BCUT2D eigenvalue weighted by atomic mass is 10.3. The normalized spacial score (nSPS) is 18.5. The van der Waals surface area contributed by atoms with Crippen molar-refractivity contribution in [1.82, 2.24) is 9.88 Å². The third kappa shape index (κ3) is 1.96. The summed E-state index contributed by atoms with van der Waals surface area (Å²) >= 11 is 0. The Morgan fingerprint density at radius 3 is 2.64 bits per heavy atom. The molecule has 0 unspecified atom stereocenters. The van der Waals surface area contributed by atoms with E-state index in [0.717, 1.165) is 31.9 Å². The highest BCUT2D eigenvalue weighted by atomic mass is 16.1. The van der Waals surface area contributed by atoms with Crippen molar-refractivity contribution in [3.8, 4) is 0 Å². The molecule has 76 valence electrons. The number of hydrogen-bond donors (Lipinski definition) is 1. The largest absolute Gasteiger partial charge is 0.369 e. The van der Waals surface area contributed by atoms with E-state index in [4.69, 9.17) is 0 Å². The van der Waals surface area contributed by atoms with Crippen LogP contribution in [0.3, 0.4) is 0 Å². The first-order valence-corrected chi connectivity index (χ1v) is 4.88. The number of nitrogens with one attached hydrogen (secondary N) is 1. The highest BCUT2D eigenvalue weighted by Gasteiger charge is 2.13. The van der Waals surface area contributed by atoms with Gasteiger partial charge in [-0.05, 0) is 13.1 Å². The van der Waals surface area contributed by atoms with Crippen molar-refractivity contribution < 1.29 is 0 Å². The van der Waals surface area contributed by atoms with E-state index in [0.29, 0.717) is 0 Å². The molecule has 0 amide bonds. The van der Waals surface area contributed by atoms with Crippen molar-refractivity contribution in [3.63, 3.8) is 0 Å². The number of rotatable bonds is 1. The molecular formula is C10H15N3O. The van der Waals surface area contributed by atoms with Crippen LogP contribution in [0.2, 0.25) is 0 Å². The molecule has 1 aromatic rings. The number of anilines is 1. The number of piperazine rings is 1. The Hall–Kier alpha value is -1.29. The van der Waals surface area contributed by atoms with Crippen molar-refractivity contribution in [2.75, 3.05) is 38.1 Å². The summed E-state index contributed by atoms with van der Waals surface area (Å²) in [6.45, 7) is 4.12. The van der Waals surface area contributed by atoms with Gasteiger partial charge in [0.05, 0.1) is 0 Å². The summed E-state index contributed by atoms with van der Waals surface area (Å²) in [4.78, 5) is 18.3. The van der Waals surface area contributed by atoms with Gasteiger partial charge in [0.15, 0.2) is 0 Å². The second kappa shape index (κ2) is 3.84. The van der Waals surface area contributed by atoms with Crippen molar-refractivity contribution in [1.29, 1.82) is 0 Å². The topological polar surface area (TPSA) is 39.3 Å². The van der Waals surface area contributed by atoms with Gasteiger partial charge in [-0.1, -0.05) is 0 Å². The summed E-state index contributed by atoms with van der Waals surface area (Å²) in [6.07, 6.45) is 1.70. The molecular weight excluding hydrogens is 178 g/mol. The fourth-order valence-corrected chi connectivity index (χ4v) is 1.69. The monoisotopic (exact) mass is 193 g/mol. The number of aromatic nitrogens is 1. The first-order valence-electron chi connectivity index (χ1n) is 4.88. The number of nitrogens with zero attached hydrogens (tertiary/aromatic N) is 2. The standard InChI is InChI=1S/C10H15N3O/c1-12-4-6-13(7-5-12)9-2-3-11-10(14)8-9/h2-3,8H,4-7H2,1H3,(H,11,14). The number of likely N-dealkylation sites (N-methyl/N-ethyl adjacent to an activating group) is 1. The van der Waals surface area contributed by atoms with Crippen LogP contribution in [0.5, 0.6) is 0 Å². The summed E-state index contributed by atoms with van der Waals surface area (Å²) in [6, 6.07) is 3.61. The predicted octanol–water partition coefficient (Wildman–Crippen LogP) is 0.127. The van der Waals surface area contributed by atoms with Crippen LogP contribution >= 0.6 is 0 Å². The lowest BCUT2D eigenvalue weighted by molar-refractivity contribution is 0.313. The maximum absolute atomic E-state index is 11.1. The molecule has 0 spiro atoms. The van der Waals surface area contributed by atoms with Gasteiger partial charge >= 0.3 is 0 Å². The second-order valence-corrected chi connectivity index (χ2v) is 3.70. The third-order valence-corrected chi connectivity index (χ3v) is 2.63. The Labute approximate surface area is 83.2 Å². The summed E-state index contributed by atoms with van der Waals surface area (Å²) in [7, 11) is 2.12. The van der Waals surface area contributed by atoms with Gasteiger partial charge in [0.2, 0.25) is 5.56 Å².